The average Bonchev–Trinajstić information content (AvgIpc) is 2.63. The number of thioether (sulfide) groups is 1. The van der Waals surface area contributed by atoms with Gasteiger partial charge in [-0.3, -0.25) is 0 Å². The van der Waals surface area contributed by atoms with Crippen molar-refractivity contribution in [2.75, 3.05) is 0 Å². The Balaban J connectivity index is 2.82. The Morgan fingerprint density at radius 2 is 2.31 bits per heavy atom. The largest absolute Gasteiger partial charge is 0.402 e. The summed E-state index contributed by atoms with van der Waals surface area (Å²) in [6, 6.07) is 0. The molecule has 1 aliphatic rings. The maximum Gasteiger partial charge on any atom is 0.0211 e. The van der Waals surface area contributed by atoms with Gasteiger partial charge in [-0.25, -0.2) is 0 Å². The van der Waals surface area contributed by atoms with Crippen molar-refractivity contribution in [1.82, 2.24) is 0 Å². The van der Waals surface area contributed by atoms with Crippen LogP contribution in [0.3, 0.4) is 0 Å². The SMILES string of the molecule is C=C/C(=C\C=C(\C)N)C1=CCC(C)(CC)S1. The lowest BCUT2D eigenvalue weighted by Gasteiger charge is -2.21. The molecule has 0 radical (unpaired) electrons. The second kappa shape index (κ2) is 5.44. The molecule has 1 heterocycles. The second-order valence-corrected chi connectivity index (χ2v) is 6.04. The van der Waals surface area contributed by atoms with Gasteiger partial charge < -0.3 is 5.73 Å². The first-order valence-corrected chi connectivity index (χ1v) is 6.48. The van der Waals surface area contributed by atoms with E-state index in [-0.39, 0.29) is 0 Å². The number of hydrogen-bond donors (Lipinski definition) is 1. The van der Waals surface area contributed by atoms with Crippen molar-refractivity contribution >= 4 is 11.8 Å². The van der Waals surface area contributed by atoms with Crippen molar-refractivity contribution in [3.05, 3.63) is 47.1 Å². The highest BCUT2D eigenvalue weighted by atomic mass is 32.2. The zero-order valence-electron chi connectivity index (χ0n) is 10.4. The molecule has 0 aromatic rings. The van der Waals surface area contributed by atoms with Crippen LogP contribution < -0.4 is 5.73 Å². The normalized spacial score (nSPS) is 26.8. The first kappa shape index (κ1) is 13.2. The molecule has 1 aliphatic heterocycles. The molecule has 0 saturated heterocycles. The van der Waals surface area contributed by atoms with E-state index in [4.69, 9.17) is 5.73 Å². The fourth-order valence-electron chi connectivity index (χ4n) is 1.52. The van der Waals surface area contributed by atoms with Crippen LogP contribution in [0.15, 0.2) is 47.1 Å². The van der Waals surface area contributed by atoms with E-state index < -0.39 is 0 Å². The van der Waals surface area contributed by atoms with Gasteiger partial charge in [0, 0.05) is 15.3 Å². The van der Waals surface area contributed by atoms with Gasteiger partial charge in [-0.2, -0.15) is 0 Å². The van der Waals surface area contributed by atoms with Crippen LogP contribution in [0.25, 0.3) is 0 Å². The minimum atomic E-state index is 0.360. The molecule has 0 aromatic heterocycles. The number of nitrogens with two attached hydrogens (primary N) is 1. The Morgan fingerprint density at radius 1 is 1.62 bits per heavy atom. The minimum absolute atomic E-state index is 0.360. The molecule has 1 unspecified atom stereocenters. The van der Waals surface area contributed by atoms with E-state index in [0.29, 0.717) is 4.75 Å². The highest BCUT2D eigenvalue weighted by Gasteiger charge is 2.29. The molecular formula is C14H21NS. The lowest BCUT2D eigenvalue weighted by atomic mass is 10.0. The van der Waals surface area contributed by atoms with E-state index in [9.17, 15) is 0 Å². The maximum atomic E-state index is 5.63. The number of allylic oxidation sites excluding steroid dienone is 6. The third-order valence-electron chi connectivity index (χ3n) is 2.85. The van der Waals surface area contributed by atoms with Crippen LogP contribution in [0.2, 0.25) is 0 Å². The molecule has 2 N–H and O–H groups in total. The summed E-state index contributed by atoms with van der Waals surface area (Å²) in [6.07, 6.45) is 10.5. The van der Waals surface area contributed by atoms with Crippen LogP contribution in [-0.2, 0) is 0 Å². The Hall–Kier alpha value is -0.890. The maximum absolute atomic E-state index is 5.63. The summed E-state index contributed by atoms with van der Waals surface area (Å²) in [6.45, 7) is 10.3. The zero-order valence-corrected chi connectivity index (χ0v) is 11.2. The van der Waals surface area contributed by atoms with Gasteiger partial charge in [-0.15, -0.1) is 11.8 Å². The molecule has 0 amide bonds. The van der Waals surface area contributed by atoms with E-state index in [1.807, 2.05) is 36.9 Å². The van der Waals surface area contributed by atoms with Crippen LogP contribution in [0.4, 0.5) is 0 Å². The highest BCUT2D eigenvalue weighted by Crippen LogP contribution is 2.46. The Kier molecular flexibility index (Phi) is 4.48. The van der Waals surface area contributed by atoms with Gasteiger partial charge in [0.1, 0.15) is 0 Å². The highest BCUT2D eigenvalue weighted by molar-refractivity contribution is 8.04. The molecule has 0 spiro atoms. The predicted molar refractivity (Wildman–Crippen MR) is 75.2 cm³/mol. The van der Waals surface area contributed by atoms with Crippen molar-refractivity contribution in [2.45, 2.75) is 38.4 Å². The lowest BCUT2D eigenvalue weighted by Crippen LogP contribution is -2.13. The van der Waals surface area contributed by atoms with Crippen LogP contribution in [0, 0.1) is 0 Å². The Morgan fingerprint density at radius 3 is 2.75 bits per heavy atom. The van der Waals surface area contributed by atoms with Gasteiger partial charge in [-0.1, -0.05) is 31.7 Å². The minimum Gasteiger partial charge on any atom is -0.402 e. The summed E-state index contributed by atoms with van der Waals surface area (Å²) in [7, 11) is 0. The lowest BCUT2D eigenvalue weighted by molar-refractivity contribution is 0.640. The van der Waals surface area contributed by atoms with Gasteiger partial charge in [0.15, 0.2) is 0 Å². The molecule has 2 heteroatoms. The summed E-state index contributed by atoms with van der Waals surface area (Å²) in [5.74, 6) is 0. The third-order valence-corrected chi connectivity index (χ3v) is 4.42. The van der Waals surface area contributed by atoms with Crippen LogP contribution in [-0.4, -0.2) is 4.75 Å². The summed E-state index contributed by atoms with van der Waals surface area (Å²) >= 11 is 1.95. The summed E-state index contributed by atoms with van der Waals surface area (Å²) in [5.41, 5.74) is 7.62. The molecule has 0 aromatic carbocycles. The van der Waals surface area contributed by atoms with E-state index in [0.717, 1.165) is 12.1 Å². The fraction of sp³-hybridized carbons (Fsp3) is 0.429. The Labute approximate surface area is 103 Å². The second-order valence-electron chi connectivity index (χ2n) is 4.41. The number of hydrogen-bond acceptors (Lipinski definition) is 2. The van der Waals surface area contributed by atoms with Crippen molar-refractivity contribution < 1.29 is 0 Å². The van der Waals surface area contributed by atoms with Gasteiger partial charge in [0.2, 0.25) is 0 Å². The topological polar surface area (TPSA) is 26.0 Å². The third kappa shape index (κ3) is 3.31. The summed E-state index contributed by atoms with van der Waals surface area (Å²) < 4.78 is 0.360. The monoisotopic (exact) mass is 235 g/mol. The van der Waals surface area contributed by atoms with E-state index in [2.05, 4.69) is 26.5 Å². The van der Waals surface area contributed by atoms with Gasteiger partial charge >= 0.3 is 0 Å². The molecule has 88 valence electrons. The molecule has 0 saturated carbocycles. The number of rotatable bonds is 4. The molecule has 0 aliphatic carbocycles. The summed E-state index contributed by atoms with van der Waals surface area (Å²) in [4.78, 5) is 1.33. The molecule has 0 fully saturated rings. The molecular weight excluding hydrogens is 214 g/mol. The van der Waals surface area contributed by atoms with Crippen LogP contribution in [0.5, 0.6) is 0 Å². The molecule has 0 bridgehead atoms. The van der Waals surface area contributed by atoms with E-state index in [1.165, 1.54) is 16.9 Å². The standard InChI is InChI=1S/C14H21NS/c1-5-12(8-7-11(3)15)13-9-10-14(4,6-2)16-13/h5,7-9H,1,6,10,15H2,2-4H3/b11-7-,12-8+. The van der Waals surface area contributed by atoms with E-state index in [1.54, 1.807) is 0 Å². The first-order chi connectivity index (χ1) is 7.50. The van der Waals surface area contributed by atoms with E-state index >= 15 is 0 Å². The fourth-order valence-corrected chi connectivity index (χ4v) is 2.80. The smallest absolute Gasteiger partial charge is 0.0211 e. The van der Waals surface area contributed by atoms with Crippen molar-refractivity contribution in [3.63, 3.8) is 0 Å². The quantitative estimate of drug-likeness (QED) is 0.741. The average molecular weight is 235 g/mol. The van der Waals surface area contributed by atoms with Gasteiger partial charge in [0.25, 0.3) is 0 Å². The van der Waals surface area contributed by atoms with Crippen molar-refractivity contribution in [2.24, 2.45) is 5.73 Å². The Bertz CT molecular complexity index is 359. The van der Waals surface area contributed by atoms with Crippen LogP contribution >= 0.6 is 11.8 Å². The summed E-state index contributed by atoms with van der Waals surface area (Å²) in [5, 5.41) is 0. The first-order valence-electron chi connectivity index (χ1n) is 5.67. The predicted octanol–water partition coefficient (Wildman–Crippen LogP) is 4.15. The van der Waals surface area contributed by atoms with Crippen molar-refractivity contribution in [1.29, 1.82) is 0 Å². The molecule has 1 rings (SSSR count). The molecule has 16 heavy (non-hydrogen) atoms. The molecule has 1 nitrogen and oxygen atoms in total. The van der Waals surface area contributed by atoms with Gasteiger partial charge in [-0.05, 0) is 38.3 Å². The van der Waals surface area contributed by atoms with Crippen LogP contribution in [0.1, 0.15) is 33.6 Å². The van der Waals surface area contributed by atoms with Crippen molar-refractivity contribution in [3.8, 4) is 0 Å². The zero-order chi connectivity index (χ0) is 12.2. The molecule has 1 atom stereocenters. The van der Waals surface area contributed by atoms with Gasteiger partial charge in [0.05, 0.1) is 0 Å².